The van der Waals surface area contributed by atoms with E-state index in [1.165, 1.54) is 12.1 Å². The fraction of sp³-hybridized carbons (Fsp3) is 0.118. The summed E-state index contributed by atoms with van der Waals surface area (Å²) in [5.41, 5.74) is 1.96. The van der Waals surface area contributed by atoms with Crippen LogP contribution in [-0.4, -0.2) is 27.8 Å². The van der Waals surface area contributed by atoms with Crippen LogP contribution in [0.25, 0.3) is 11.0 Å². The fourth-order valence-electron chi connectivity index (χ4n) is 1.94. The Balaban J connectivity index is 1.48. The van der Waals surface area contributed by atoms with Crippen molar-refractivity contribution in [2.75, 3.05) is 13.2 Å². The number of amides is 1. The smallest absolute Gasteiger partial charge is 0.252 e. The van der Waals surface area contributed by atoms with E-state index >= 15 is 0 Å². The van der Waals surface area contributed by atoms with Crippen LogP contribution in [-0.2, 0) is 0 Å². The lowest BCUT2D eigenvalue weighted by Gasteiger charge is -2.02. The molecule has 0 spiro atoms. The van der Waals surface area contributed by atoms with Gasteiger partial charge in [0.15, 0.2) is 11.6 Å². The molecule has 5 nitrogen and oxygen atoms in total. The number of hydrogen-bond acceptors (Lipinski definition) is 5. The number of carbonyl (C=O) groups is 1. The molecule has 0 bridgehead atoms. The van der Waals surface area contributed by atoms with E-state index in [0.29, 0.717) is 11.1 Å². The number of nitrogens with zero attached hydrogens (tertiary/aromatic N) is 2. The average Bonchev–Trinajstić information content (AvgIpc) is 3.07. The van der Waals surface area contributed by atoms with E-state index in [1.54, 1.807) is 30.3 Å². The number of carbonyl (C=O) groups excluding carboxylic acids is 1. The number of ether oxygens (including phenoxy) is 1. The summed E-state index contributed by atoms with van der Waals surface area (Å²) in [6.45, 7) is 0.222. The van der Waals surface area contributed by atoms with E-state index < -0.39 is 5.82 Å². The first-order valence-electron chi connectivity index (χ1n) is 7.07. The minimum Gasteiger partial charge on any atom is -0.478 e. The molecule has 120 valence electrons. The fourth-order valence-corrected chi connectivity index (χ4v) is 2.46. The predicted octanol–water partition coefficient (Wildman–Crippen LogP) is 2.64. The van der Waals surface area contributed by atoms with Gasteiger partial charge in [-0.25, -0.2) is 4.39 Å². The Morgan fingerprint density at radius 2 is 2.00 bits per heavy atom. The summed E-state index contributed by atoms with van der Waals surface area (Å²) >= 11 is 1.10. The molecule has 1 amide bonds. The maximum atomic E-state index is 13.3. The van der Waals surface area contributed by atoms with Gasteiger partial charge in [0.05, 0.1) is 18.3 Å². The normalized spacial score (nSPS) is 10.0. The third-order valence-electron chi connectivity index (χ3n) is 3.11. The van der Waals surface area contributed by atoms with Crippen molar-refractivity contribution in [1.82, 2.24) is 14.1 Å². The number of para-hydroxylation sites is 1. The molecule has 0 radical (unpaired) electrons. The van der Waals surface area contributed by atoms with Crippen molar-refractivity contribution < 1.29 is 13.9 Å². The minimum absolute atomic E-state index is 0.0489. The van der Waals surface area contributed by atoms with Crippen LogP contribution < -0.4 is 10.1 Å². The Hall–Kier alpha value is -2.98. The quantitative estimate of drug-likeness (QED) is 0.741. The highest BCUT2D eigenvalue weighted by molar-refractivity contribution is 7.00. The van der Waals surface area contributed by atoms with Crippen LogP contribution in [0.4, 0.5) is 4.39 Å². The molecule has 0 unspecified atom stereocenters. The summed E-state index contributed by atoms with van der Waals surface area (Å²) in [4.78, 5) is 12.0. The summed E-state index contributed by atoms with van der Waals surface area (Å²) in [5.74, 6) is 4.95. The zero-order chi connectivity index (χ0) is 16.8. The van der Waals surface area contributed by atoms with Crippen molar-refractivity contribution in [2.24, 2.45) is 0 Å². The van der Waals surface area contributed by atoms with Gasteiger partial charge in [0.1, 0.15) is 17.6 Å². The third-order valence-corrected chi connectivity index (χ3v) is 3.67. The van der Waals surface area contributed by atoms with Crippen LogP contribution in [0.15, 0.2) is 42.5 Å². The number of fused-ring (bicyclic) bond motifs is 1. The van der Waals surface area contributed by atoms with E-state index in [9.17, 15) is 9.18 Å². The lowest BCUT2D eigenvalue weighted by Crippen LogP contribution is -2.23. The van der Waals surface area contributed by atoms with Crippen molar-refractivity contribution >= 4 is 28.7 Å². The van der Waals surface area contributed by atoms with Gasteiger partial charge in [-0.2, -0.15) is 8.75 Å². The van der Waals surface area contributed by atoms with Crippen LogP contribution in [0.3, 0.4) is 0 Å². The molecule has 0 saturated heterocycles. The van der Waals surface area contributed by atoms with E-state index in [4.69, 9.17) is 4.74 Å². The highest BCUT2D eigenvalue weighted by Crippen LogP contribution is 2.15. The monoisotopic (exact) mass is 341 g/mol. The van der Waals surface area contributed by atoms with Crippen LogP contribution in [0.5, 0.6) is 5.75 Å². The van der Waals surface area contributed by atoms with Gasteiger partial charge in [0.25, 0.3) is 5.91 Å². The van der Waals surface area contributed by atoms with Crippen molar-refractivity contribution in [3.8, 4) is 17.6 Å². The van der Waals surface area contributed by atoms with E-state index in [1.807, 2.05) is 0 Å². The van der Waals surface area contributed by atoms with Gasteiger partial charge in [-0.05, 0) is 30.3 Å². The highest BCUT2D eigenvalue weighted by atomic mass is 32.1. The molecule has 0 saturated carbocycles. The number of hydrogen-bond donors (Lipinski definition) is 1. The molecule has 0 aliphatic heterocycles. The van der Waals surface area contributed by atoms with Gasteiger partial charge in [0, 0.05) is 5.56 Å². The van der Waals surface area contributed by atoms with Crippen LogP contribution in [0.2, 0.25) is 0 Å². The first-order chi connectivity index (χ1) is 11.7. The Kier molecular flexibility index (Phi) is 4.99. The van der Waals surface area contributed by atoms with Gasteiger partial charge < -0.3 is 10.1 Å². The molecule has 3 aromatic rings. The maximum absolute atomic E-state index is 13.3. The average molecular weight is 341 g/mol. The molecular formula is C17H12FN3O2S. The van der Waals surface area contributed by atoms with Gasteiger partial charge >= 0.3 is 0 Å². The van der Waals surface area contributed by atoms with Crippen molar-refractivity contribution in [1.29, 1.82) is 0 Å². The topological polar surface area (TPSA) is 64.1 Å². The van der Waals surface area contributed by atoms with E-state index in [0.717, 1.165) is 17.2 Å². The Morgan fingerprint density at radius 3 is 2.88 bits per heavy atom. The molecule has 7 heteroatoms. The predicted molar refractivity (Wildman–Crippen MR) is 89.4 cm³/mol. The Morgan fingerprint density at radius 1 is 1.17 bits per heavy atom. The zero-order valence-electron chi connectivity index (χ0n) is 12.5. The number of benzene rings is 2. The third kappa shape index (κ3) is 3.86. The highest BCUT2D eigenvalue weighted by Gasteiger charge is 2.06. The molecule has 1 heterocycles. The standard InChI is InChI=1S/C17H12FN3O2S/c18-13-5-1-2-6-16(13)23-10-4-3-9-19-17(22)12-7-8-14-15(11-12)21-24-20-14/h1-2,5-8,11H,9-10H2,(H,19,22). The minimum atomic E-state index is -0.431. The molecule has 0 atom stereocenters. The van der Waals surface area contributed by atoms with Crippen molar-refractivity contribution in [3.05, 3.63) is 53.8 Å². The molecule has 2 aromatic carbocycles. The molecular weight excluding hydrogens is 329 g/mol. The lowest BCUT2D eigenvalue weighted by molar-refractivity contribution is 0.0959. The van der Waals surface area contributed by atoms with Crippen molar-refractivity contribution in [2.45, 2.75) is 0 Å². The molecule has 0 aliphatic carbocycles. The summed E-state index contributed by atoms with van der Waals surface area (Å²) in [5, 5.41) is 2.68. The first-order valence-corrected chi connectivity index (χ1v) is 7.80. The Labute approximate surface area is 141 Å². The summed E-state index contributed by atoms with van der Waals surface area (Å²) < 4.78 is 26.7. The van der Waals surface area contributed by atoms with Gasteiger partial charge in [-0.15, -0.1) is 0 Å². The maximum Gasteiger partial charge on any atom is 0.252 e. The molecule has 24 heavy (non-hydrogen) atoms. The van der Waals surface area contributed by atoms with Gasteiger partial charge in [-0.3, -0.25) is 4.79 Å². The number of nitrogens with one attached hydrogen (secondary N) is 1. The van der Waals surface area contributed by atoms with Crippen LogP contribution in [0, 0.1) is 17.7 Å². The van der Waals surface area contributed by atoms with Gasteiger partial charge in [-0.1, -0.05) is 24.0 Å². The van der Waals surface area contributed by atoms with E-state index in [2.05, 4.69) is 25.9 Å². The summed E-state index contributed by atoms with van der Waals surface area (Å²) in [6.07, 6.45) is 0. The first kappa shape index (κ1) is 15.9. The lowest BCUT2D eigenvalue weighted by atomic mass is 10.2. The van der Waals surface area contributed by atoms with E-state index in [-0.39, 0.29) is 24.8 Å². The van der Waals surface area contributed by atoms with Crippen molar-refractivity contribution in [3.63, 3.8) is 0 Å². The number of rotatable bonds is 4. The molecule has 3 rings (SSSR count). The SMILES string of the molecule is O=C(NCC#CCOc1ccccc1F)c1ccc2nsnc2c1. The second-order valence-corrected chi connectivity index (χ2v) is 5.25. The number of halogens is 1. The van der Waals surface area contributed by atoms with Crippen LogP contribution >= 0.6 is 11.7 Å². The van der Waals surface area contributed by atoms with Crippen LogP contribution in [0.1, 0.15) is 10.4 Å². The molecule has 1 aromatic heterocycles. The zero-order valence-corrected chi connectivity index (χ0v) is 13.3. The summed E-state index contributed by atoms with van der Waals surface area (Å²) in [7, 11) is 0. The second-order valence-electron chi connectivity index (χ2n) is 4.72. The van der Waals surface area contributed by atoms with Gasteiger partial charge in [0.2, 0.25) is 0 Å². The number of aromatic nitrogens is 2. The molecule has 1 N–H and O–H groups in total. The second kappa shape index (κ2) is 7.53. The Bertz CT molecular complexity index is 930. The largest absolute Gasteiger partial charge is 0.478 e. The molecule has 0 aliphatic rings. The summed E-state index contributed by atoms with van der Waals surface area (Å²) in [6, 6.07) is 11.2. The molecule has 0 fully saturated rings.